The minimum absolute atomic E-state index is 0.107. The van der Waals surface area contributed by atoms with E-state index in [2.05, 4.69) is 15.1 Å². The number of nitrogens with zero attached hydrogens (tertiary/aromatic N) is 5. The van der Waals surface area contributed by atoms with E-state index in [4.69, 9.17) is 4.74 Å². The summed E-state index contributed by atoms with van der Waals surface area (Å²) in [6, 6.07) is 0.249. The monoisotopic (exact) mass is 289 g/mol. The lowest BCUT2D eigenvalue weighted by atomic mass is 10.2. The van der Waals surface area contributed by atoms with Crippen molar-refractivity contribution >= 4 is 5.91 Å². The van der Waals surface area contributed by atoms with Crippen molar-refractivity contribution in [3.63, 3.8) is 0 Å². The fourth-order valence-electron chi connectivity index (χ4n) is 1.92. The molecule has 2 aromatic heterocycles. The second-order valence-electron chi connectivity index (χ2n) is 4.48. The van der Waals surface area contributed by atoms with Crippen molar-refractivity contribution in [2.24, 2.45) is 0 Å². The van der Waals surface area contributed by atoms with Crippen molar-refractivity contribution in [3.05, 3.63) is 35.9 Å². The van der Waals surface area contributed by atoms with Gasteiger partial charge in [0.25, 0.3) is 5.91 Å². The molecule has 7 nitrogen and oxygen atoms in total. The van der Waals surface area contributed by atoms with Gasteiger partial charge in [0.15, 0.2) is 0 Å². The second-order valence-corrected chi connectivity index (χ2v) is 4.48. The Hall–Kier alpha value is -2.44. The molecule has 0 aliphatic carbocycles. The van der Waals surface area contributed by atoms with Gasteiger partial charge in [-0.15, -0.1) is 0 Å². The average Bonchev–Trinajstić information content (AvgIpc) is 2.99. The number of carbonyl (C=O) groups is 1. The zero-order valence-electron chi connectivity index (χ0n) is 12.5. The zero-order valence-corrected chi connectivity index (χ0v) is 12.5. The molecule has 2 aromatic rings. The Kier molecular flexibility index (Phi) is 4.86. The first-order chi connectivity index (χ1) is 10.2. The van der Waals surface area contributed by atoms with Crippen LogP contribution in [0.25, 0.3) is 0 Å². The quantitative estimate of drug-likeness (QED) is 0.803. The first kappa shape index (κ1) is 15.0. The van der Waals surface area contributed by atoms with E-state index in [1.54, 1.807) is 11.1 Å². The van der Waals surface area contributed by atoms with Gasteiger partial charge in [-0.2, -0.15) is 5.10 Å². The second kappa shape index (κ2) is 6.83. The Bertz CT molecular complexity index is 594. The molecular weight excluding hydrogens is 270 g/mol. The van der Waals surface area contributed by atoms with Crippen molar-refractivity contribution in [1.29, 1.82) is 0 Å². The number of carbonyl (C=O) groups excluding carboxylic acids is 1. The lowest BCUT2D eigenvalue weighted by Gasteiger charge is -2.19. The molecule has 0 aromatic carbocycles. The van der Waals surface area contributed by atoms with E-state index < -0.39 is 0 Å². The maximum atomic E-state index is 12.4. The molecule has 0 spiro atoms. The number of hydrogen-bond acceptors (Lipinski definition) is 5. The molecule has 0 radical (unpaired) electrons. The van der Waals surface area contributed by atoms with Gasteiger partial charge in [0, 0.05) is 43.8 Å². The summed E-state index contributed by atoms with van der Waals surface area (Å²) in [6.07, 6.45) is 6.68. The molecule has 0 bridgehead atoms. The summed E-state index contributed by atoms with van der Waals surface area (Å²) >= 11 is 0. The third-order valence-electron chi connectivity index (χ3n) is 3.11. The summed E-state index contributed by atoms with van der Waals surface area (Å²) in [5.74, 6) is -0.107. The normalized spacial score (nSPS) is 10.4. The predicted octanol–water partition coefficient (Wildman–Crippen LogP) is 1.36. The molecule has 0 N–H and O–H groups in total. The highest BCUT2D eigenvalue weighted by molar-refractivity contribution is 5.93. The highest BCUT2D eigenvalue weighted by atomic mass is 16.5. The van der Waals surface area contributed by atoms with Crippen LogP contribution in [-0.4, -0.2) is 44.2 Å². The number of ether oxygens (including phenoxy) is 1. The van der Waals surface area contributed by atoms with Crippen LogP contribution >= 0.6 is 0 Å². The Labute approximate surface area is 123 Å². The summed E-state index contributed by atoms with van der Waals surface area (Å²) in [5, 5.41) is 4.21. The van der Waals surface area contributed by atoms with Crippen LogP contribution in [0.4, 0.5) is 0 Å². The summed E-state index contributed by atoms with van der Waals surface area (Å²) in [5.41, 5.74) is 1.45. The van der Waals surface area contributed by atoms with Crippen LogP contribution in [0.5, 0.6) is 6.01 Å². The van der Waals surface area contributed by atoms with E-state index >= 15 is 0 Å². The van der Waals surface area contributed by atoms with Crippen LogP contribution in [0, 0.1) is 0 Å². The first-order valence-electron chi connectivity index (χ1n) is 6.84. The third kappa shape index (κ3) is 3.56. The van der Waals surface area contributed by atoms with Crippen LogP contribution in [0.15, 0.2) is 24.8 Å². The van der Waals surface area contributed by atoms with Crippen LogP contribution in [0.3, 0.4) is 0 Å². The molecule has 0 saturated carbocycles. The number of methoxy groups -OCH3 is 1. The van der Waals surface area contributed by atoms with Gasteiger partial charge in [0.05, 0.1) is 18.9 Å². The molecule has 0 atom stereocenters. The molecule has 2 rings (SSSR count). The Balaban J connectivity index is 2.09. The van der Waals surface area contributed by atoms with Gasteiger partial charge < -0.3 is 9.64 Å². The maximum absolute atomic E-state index is 12.4. The fraction of sp³-hybridized carbons (Fsp3) is 0.429. The Morgan fingerprint density at radius 1 is 1.29 bits per heavy atom. The smallest absolute Gasteiger partial charge is 0.316 e. The van der Waals surface area contributed by atoms with Crippen molar-refractivity contribution in [2.45, 2.75) is 26.9 Å². The van der Waals surface area contributed by atoms with Gasteiger partial charge in [0.2, 0.25) is 0 Å². The lowest BCUT2D eigenvalue weighted by Crippen LogP contribution is -2.30. The molecule has 112 valence electrons. The molecule has 21 heavy (non-hydrogen) atoms. The van der Waals surface area contributed by atoms with E-state index in [-0.39, 0.29) is 11.9 Å². The van der Waals surface area contributed by atoms with Gasteiger partial charge in [-0.1, -0.05) is 0 Å². The number of aromatic nitrogens is 4. The molecule has 0 aliphatic heterocycles. The summed E-state index contributed by atoms with van der Waals surface area (Å²) in [4.78, 5) is 22.1. The van der Waals surface area contributed by atoms with E-state index in [1.807, 2.05) is 24.7 Å². The molecule has 0 aliphatic rings. The summed E-state index contributed by atoms with van der Waals surface area (Å²) in [7, 11) is 1.49. The first-order valence-corrected chi connectivity index (χ1v) is 6.84. The van der Waals surface area contributed by atoms with Crippen molar-refractivity contribution in [2.75, 3.05) is 13.7 Å². The maximum Gasteiger partial charge on any atom is 0.316 e. The molecule has 0 saturated heterocycles. The summed E-state index contributed by atoms with van der Waals surface area (Å²) in [6.45, 7) is 5.89. The largest absolute Gasteiger partial charge is 0.467 e. The molecular formula is C14H19N5O2. The standard InChI is InChI=1S/C14H19N5O2/c1-4-18(9-11-6-17-19(5-2)10-11)13(20)12-7-15-14(21-3)16-8-12/h6-8,10H,4-5,9H2,1-3H3. The zero-order chi connectivity index (χ0) is 15.2. The number of aryl methyl sites for hydroxylation is 1. The highest BCUT2D eigenvalue weighted by Crippen LogP contribution is 2.10. The number of rotatable bonds is 6. The molecule has 2 heterocycles. The van der Waals surface area contributed by atoms with E-state index in [0.29, 0.717) is 18.7 Å². The van der Waals surface area contributed by atoms with Crippen LogP contribution in [0.2, 0.25) is 0 Å². The van der Waals surface area contributed by atoms with E-state index in [9.17, 15) is 4.79 Å². The lowest BCUT2D eigenvalue weighted by molar-refractivity contribution is 0.0751. The van der Waals surface area contributed by atoms with Gasteiger partial charge in [-0.3, -0.25) is 9.48 Å². The summed E-state index contributed by atoms with van der Waals surface area (Å²) < 4.78 is 6.73. The SMILES string of the molecule is CCN(Cc1cnn(CC)c1)C(=O)c1cnc(OC)nc1. The van der Waals surface area contributed by atoms with Gasteiger partial charge in [-0.25, -0.2) is 9.97 Å². The van der Waals surface area contributed by atoms with Gasteiger partial charge in [0.1, 0.15) is 0 Å². The van der Waals surface area contributed by atoms with Crippen LogP contribution in [0.1, 0.15) is 29.8 Å². The van der Waals surface area contributed by atoms with Gasteiger partial charge in [-0.05, 0) is 13.8 Å². The minimum atomic E-state index is -0.107. The van der Waals surface area contributed by atoms with Crippen molar-refractivity contribution in [1.82, 2.24) is 24.6 Å². The number of hydrogen-bond donors (Lipinski definition) is 0. The van der Waals surface area contributed by atoms with Crippen molar-refractivity contribution in [3.8, 4) is 6.01 Å². The van der Waals surface area contributed by atoms with E-state index in [1.165, 1.54) is 19.5 Å². The number of amides is 1. The molecule has 0 unspecified atom stereocenters. The molecule has 1 amide bonds. The van der Waals surface area contributed by atoms with Crippen LogP contribution < -0.4 is 4.74 Å². The minimum Gasteiger partial charge on any atom is -0.467 e. The topological polar surface area (TPSA) is 73.1 Å². The van der Waals surface area contributed by atoms with Crippen molar-refractivity contribution < 1.29 is 9.53 Å². The molecule has 0 fully saturated rings. The van der Waals surface area contributed by atoms with Gasteiger partial charge >= 0.3 is 6.01 Å². The van der Waals surface area contributed by atoms with Crippen LogP contribution in [-0.2, 0) is 13.1 Å². The Morgan fingerprint density at radius 3 is 2.52 bits per heavy atom. The average molecular weight is 289 g/mol. The Morgan fingerprint density at radius 2 is 2.00 bits per heavy atom. The highest BCUT2D eigenvalue weighted by Gasteiger charge is 2.16. The predicted molar refractivity (Wildman–Crippen MR) is 76.9 cm³/mol. The molecule has 7 heteroatoms. The fourth-order valence-corrected chi connectivity index (χ4v) is 1.92. The van der Waals surface area contributed by atoms with E-state index in [0.717, 1.165) is 12.1 Å². The third-order valence-corrected chi connectivity index (χ3v) is 3.11.